The van der Waals surface area contributed by atoms with Gasteiger partial charge in [-0.15, -0.1) is 0 Å². The van der Waals surface area contributed by atoms with Crippen molar-refractivity contribution in [1.82, 2.24) is 0 Å². The van der Waals surface area contributed by atoms with Crippen molar-refractivity contribution in [2.45, 2.75) is 11.3 Å². The zero-order valence-corrected chi connectivity index (χ0v) is 17.4. The van der Waals surface area contributed by atoms with Crippen LogP contribution in [-0.4, -0.2) is 37.6 Å². The van der Waals surface area contributed by atoms with Gasteiger partial charge in [-0.25, -0.2) is 8.42 Å². The summed E-state index contributed by atoms with van der Waals surface area (Å²) in [7, 11) is -4.94. The second-order valence-electron chi connectivity index (χ2n) is 5.81. The average Bonchev–Trinajstić information content (AvgIpc) is 2.59. The quantitative estimate of drug-likeness (QED) is 0.188. The van der Waals surface area contributed by atoms with Crippen LogP contribution in [0.1, 0.15) is 38.3 Å². The Kier molecular flexibility index (Phi) is 6.46. The van der Waals surface area contributed by atoms with Crippen molar-refractivity contribution in [2.24, 2.45) is 5.73 Å². The first kappa shape index (κ1) is 21.5. The number of nitrogens with one attached hydrogen (secondary N) is 1. The minimum atomic E-state index is -4.94. The van der Waals surface area contributed by atoms with E-state index < -0.39 is 32.3 Å². The fourth-order valence-corrected chi connectivity index (χ4v) is 3.60. The molecule has 27 heavy (non-hydrogen) atoms. The first-order valence-corrected chi connectivity index (χ1v) is 9.23. The van der Waals surface area contributed by atoms with Crippen LogP contribution in [-0.2, 0) is 10.1 Å². The first-order valence-electron chi connectivity index (χ1n) is 7.82. The fourth-order valence-electron chi connectivity index (χ4n) is 2.97. The smallest absolute Gasteiger partial charge is 0.744 e. The van der Waals surface area contributed by atoms with E-state index in [0.717, 1.165) is 6.07 Å². The predicted octanol–water partition coefficient (Wildman–Crippen LogP) is -2.29. The molecule has 0 aromatic heterocycles. The molecular formula is C17H16N3NaO5S. The van der Waals surface area contributed by atoms with Crippen molar-refractivity contribution in [3.8, 4) is 0 Å². The molecule has 136 valence electrons. The van der Waals surface area contributed by atoms with E-state index in [4.69, 9.17) is 11.5 Å². The number of ketones is 2. The van der Waals surface area contributed by atoms with E-state index in [1.165, 1.54) is 12.1 Å². The molecule has 2 aromatic rings. The van der Waals surface area contributed by atoms with Gasteiger partial charge in [0, 0.05) is 23.4 Å². The molecule has 0 saturated carbocycles. The molecule has 2 aromatic carbocycles. The van der Waals surface area contributed by atoms with Gasteiger partial charge in [-0.2, -0.15) is 0 Å². The van der Waals surface area contributed by atoms with Gasteiger partial charge < -0.3 is 21.3 Å². The summed E-state index contributed by atoms with van der Waals surface area (Å²) in [5.41, 5.74) is 10.8. The van der Waals surface area contributed by atoms with Gasteiger partial charge in [0.15, 0.2) is 11.6 Å². The van der Waals surface area contributed by atoms with Crippen molar-refractivity contribution >= 4 is 33.1 Å². The van der Waals surface area contributed by atoms with Crippen LogP contribution in [0.25, 0.3) is 0 Å². The van der Waals surface area contributed by atoms with E-state index in [-0.39, 0.29) is 57.5 Å². The number of hydrogen-bond donors (Lipinski definition) is 3. The van der Waals surface area contributed by atoms with Crippen molar-refractivity contribution in [3.05, 3.63) is 52.6 Å². The summed E-state index contributed by atoms with van der Waals surface area (Å²) >= 11 is 0. The number of hydrogen-bond acceptors (Lipinski definition) is 8. The second kappa shape index (κ2) is 8.09. The molecule has 0 unspecified atom stereocenters. The Labute approximate surface area is 178 Å². The van der Waals surface area contributed by atoms with E-state index >= 15 is 0 Å². The number of anilines is 2. The average molecular weight is 397 g/mol. The summed E-state index contributed by atoms with van der Waals surface area (Å²) in [6, 6.07) is 7.18. The molecule has 0 atom stereocenters. The van der Waals surface area contributed by atoms with Crippen LogP contribution in [0.4, 0.5) is 11.4 Å². The van der Waals surface area contributed by atoms with E-state index in [0.29, 0.717) is 19.5 Å². The predicted molar refractivity (Wildman–Crippen MR) is 94.3 cm³/mol. The fraction of sp³-hybridized carbons (Fsp3) is 0.176. The Hall–Kier alpha value is -1.75. The van der Waals surface area contributed by atoms with Gasteiger partial charge in [-0.1, -0.05) is 24.3 Å². The molecule has 0 fully saturated rings. The Morgan fingerprint density at radius 3 is 2.11 bits per heavy atom. The third-order valence-corrected chi connectivity index (χ3v) is 5.04. The van der Waals surface area contributed by atoms with Gasteiger partial charge in [0.25, 0.3) is 0 Å². The van der Waals surface area contributed by atoms with Crippen LogP contribution < -0.4 is 46.3 Å². The Balaban J connectivity index is 0.00000261. The molecule has 0 radical (unpaired) electrons. The molecule has 10 heteroatoms. The number of benzene rings is 2. The summed E-state index contributed by atoms with van der Waals surface area (Å²) in [6.07, 6.45) is 0.539. The largest absolute Gasteiger partial charge is 1.00 e. The van der Waals surface area contributed by atoms with E-state index in [9.17, 15) is 22.6 Å². The summed E-state index contributed by atoms with van der Waals surface area (Å²) < 4.78 is 34.7. The normalized spacial score (nSPS) is 12.8. The van der Waals surface area contributed by atoms with Crippen molar-refractivity contribution in [2.75, 3.05) is 24.1 Å². The summed E-state index contributed by atoms with van der Waals surface area (Å²) in [6.45, 7) is 0.695. The molecule has 8 nitrogen and oxygen atoms in total. The van der Waals surface area contributed by atoms with Crippen molar-refractivity contribution < 1.29 is 52.1 Å². The maximum atomic E-state index is 12.9. The first-order chi connectivity index (χ1) is 12.3. The summed E-state index contributed by atoms with van der Waals surface area (Å²) in [5, 5.41) is 2.88. The molecule has 3 rings (SSSR count). The number of rotatable bonds is 5. The van der Waals surface area contributed by atoms with Crippen molar-refractivity contribution in [3.63, 3.8) is 0 Å². The topological polar surface area (TPSA) is 155 Å². The molecule has 0 bridgehead atoms. The Bertz CT molecular complexity index is 1040. The number of nitrogens with two attached hydrogens (primary N) is 2. The SMILES string of the molecule is NCCCNc1cc(S(=O)(=O)[O-])c(N)c2c1C(=O)c1ccccc1C2=O.[Na+]. The van der Waals surface area contributed by atoms with Crippen LogP contribution in [0, 0.1) is 0 Å². The molecule has 1 aliphatic carbocycles. The molecule has 0 aliphatic heterocycles. The van der Waals surface area contributed by atoms with Gasteiger partial charge in [-0.05, 0) is 19.0 Å². The number of carbonyl (C=O) groups excluding carboxylic acids is 2. The number of carbonyl (C=O) groups is 2. The van der Waals surface area contributed by atoms with E-state index in [2.05, 4.69) is 5.32 Å². The minimum Gasteiger partial charge on any atom is -0.744 e. The second-order valence-corrected chi connectivity index (χ2v) is 7.16. The van der Waals surface area contributed by atoms with Crippen LogP contribution in [0.3, 0.4) is 0 Å². The zero-order chi connectivity index (χ0) is 19.1. The van der Waals surface area contributed by atoms with Crippen LogP contribution in [0.15, 0.2) is 35.2 Å². The molecule has 1 aliphatic rings. The standard InChI is InChI=1S/C17H17N3O5S.Na/c18-6-3-7-20-11-8-12(26(23,24)25)15(19)14-13(11)16(21)9-4-1-2-5-10(9)17(14)22;/h1-2,4-5,8,20H,3,6-7,18-19H2,(H,23,24,25);/q;+1/p-1. The monoisotopic (exact) mass is 397 g/mol. The van der Waals surface area contributed by atoms with Gasteiger partial charge >= 0.3 is 29.6 Å². The molecule has 0 heterocycles. The van der Waals surface area contributed by atoms with Gasteiger partial charge in [0.05, 0.1) is 21.7 Å². The van der Waals surface area contributed by atoms with Gasteiger partial charge in [0.2, 0.25) is 0 Å². The maximum absolute atomic E-state index is 12.9. The summed E-state index contributed by atoms with van der Waals surface area (Å²) in [5.74, 6) is -1.06. The Morgan fingerprint density at radius 1 is 1.04 bits per heavy atom. The van der Waals surface area contributed by atoms with E-state index in [1.807, 2.05) is 0 Å². The molecule has 0 amide bonds. The minimum absolute atomic E-state index is 0. The third-order valence-electron chi connectivity index (χ3n) is 4.17. The molecule has 0 saturated heterocycles. The zero-order valence-electron chi connectivity index (χ0n) is 14.6. The number of fused-ring (bicyclic) bond motifs is 2. The van der Waals surface area contributed by atoms with Crippen LogP contribution in [0.5, 0.6) is 0 Å². The maximum Gasteiger partial charge on any atom is 1.00 e. The van der Waals surface area contributed by atoms with E-state index in [1.54, 1.807) is 12.1 Å². The summed E-state index contributed by atoms with van der Waals surface area (Å²) in [4.78, 5) is 25.0. The van der Waals surface area contributed by atoms with Crippen LogP contribution >= 0.6 is 0 Å². The van der Waals surface area contributed by atoms with Gasteiger partial charge in [0.1, 0.15) is 10.1 Å². The molecule has 5 N–H and O–H groups in total. The Morgan fingerprint density at radius 2 is 1.59 bits per heavy atom. The number of nitrogen functional groups attached to an aromatic ring is 1. The molecular weight excluding hydrogens is 381 g/mol. The van der Waals surface area contributed by atoms with Crippen LogP contribution in [0.2, 0.25) is 0 Å². The molecule has 0 spiro atoms. The third kappa shape index (κ3) is 3.79. The van der Waals surface area contributed by atoms with Gasteiger partial charge in [-0.3, -0.25) is 9.59 Å². The van der Waals surface area contributed by atoms with Crippen molar-refractivity contribution in [1.29, 1.82) is 0 Å².